The SMILES string of the molecule is C=CCN1C(=O)N/C(=C\c2cc(C)n(-c3ccc(Cl)cc3)c2C)C1=O. The molecule has 1 aliphatic rings. The molecule has 2 aromatic rings. The Balaban J connectivity index is 1.99. The highest BCUT2D eigenvalue weighted by Gasteiger charge is 2.32. The number of halogens is 1. The fourth-order valence-corrected chi connectivity index (χ4v) is 3.07. The van der Waals surface area contributed by atoms with E-state index in [1.807, 2.05) is 44.2 Å². The van der Waals surface area contributed by atoms with E-state index in [-0.39, 0.29) is 18.1 Å². The van der Waals surface area contributed by atoms with E-state index in [0.29, 0.717) is 5.02 Å². The van der Waals surface area contributed by atoms with Gasteiger partial charge in [-0.25, -0.2) is 4.79 Å². The minimum absolute atomic E-state index is 0.186. The Morgan fingerprint density at radius 3 is 2.52 bits per heavy atom. The van der Waals surface area contributed by atoms with Gasteiger partial charge in [0.2, 0.25) is 0 Å². The van der Waals surface area contributed by atoms with Gasteiger partial charge in [0.05, 0.1) is 0 Å². The van der Waals surface area contributed by atoms with E-state index < -0.39 is 6.03 Å². The summed E-state index contributed by atoms with van der Waals surface area (Å²) < 4.78 is 2.07. The maximum Gasteiger partial charge on any atom is 0.329 e. The van der Waals surface area contributed by atoms with E-state index in [1.165, 1.54) is 6.08 Å². The molecule has 0 unspecified atom stereocenters. The number of hydrogen-bond donors (Lipinski definition) is 1. The van der Waals surface area contributed by atoms with Gasteiger partial charge in [-0.15, -0.1) is 6.58 Å². The molecule has 3 rings (SSSR count). The molecule has 3 amide bonds. The number of carbonyl (C=O) groups is 2. The van der Waals surface area contributed by atoms with Gasteiger partial charge in [-0.2, -0.15) is 0 Å². The summed E-state index contributed by atoms with van der Waals surface area (Å²) in [6.07, 6.45) is 3.23. The Kier molecular flexibility index (Phi) is 4.51. The lowest BCUT2D eigenvalue weighted by atomic mass is 10.2. The molecule has 1 saturated heterocycles. The highest BCUT2D eigenvalue weighted by molar-refractivity contribution is 6.30. The summed E-state index contributed by atoms with van der Waals surface area (Å²) in [5, 5.41) is 3.29. The van der Waals surface area contributed by atoms with Gasteiger partial charge >= 0.3 is 6.03 Å². The average molecular weight is 356 g/mol. The van der Waals surface area contributed by atoms with Gasteiger partial charge in [-0.05, 0) is 55.8 Å². The zero-order valence-corrected chi connectivity index (χ0v) is 14.8. The summed E-state index contributed by atoms with van der Waals surface area (Å²) in [5.74, 6) is -0.346. The Morgan fingerprint density at radius 2 is 1.88 bits per heavy atom. The van der Waals surface area contributed by atoms with Crippen molar-refractivity contribution in [3.8, 4) is 5.69 Å². The van der Waals surface area contributed by atoms with E-state index in [1.54, 1.807) is 6.08 Å². The number of hydrogen-bond acceptors (Lipinski definition) is 2. The first-order valence-corrected chi connectivity index (χ1v) is 8.20. The summed E-state index contributed by atoms with van der Waals surface area (Å²) >= 11 is 5.96. The third-order valence-electron chi connectivity index (χ3n) is 4.13. The molecule has 1 aromatic heterocycles. The number of aryl methyl sites for hydroxylation is 1. The van der Waals surface area contributed by atoms with Gasteiger partial charge in [0.1, 0.15) is 5.70 Å². The molecular weight excluding hydrogens is 338 g/mol. The van der Waals surface area contributed by atoms with Crippen LogP contribution in [0.2, 0.25) is 5.02 Å². The summed E-state index contributed by atoms with van der Waals surface area (Å²) in [7, 11) is 0. The molecule has 0 aliphatic carbocycles. The minimum Gasteiger partial charge on any atom is -0.318 e. The molecule has 1 N–H and O–H groups in total. The van der Waals surface area contributed by atoms with Crippen molar-refractivity contribution in [2.45, 2.75) is 13.8 Å². The largest absolute Gasteiger partial charge is 0.329 e. The first-order valence-electron chi connectivity index (χ1n) is 7.82. The van der Waals surface area contributed by atoms with Gasteiger partial charge < -0.3 is 9.88 Å². The van der Waals surface area contributed by atoms with Crippen LogP contribution in [0.15, 0.2) is 48.7 Å². The average Bonchev–Trinajstić information content (AvgIpc) is 3.00. The van der Waals surface area contributed by atoms with Crippen molar-refractivity contribution >= 4 is 29.6 Å². The fourth-order valence-electron chi connectivity index (χ4n) is 2.94. The van der Waals surface area contributed by atoms with Crippen LogP contribution in [-0.4, -0.2) is 28.0 Å². The number of benzene rings is 1. The molecular formula is C19H18ClN3O2. The molecule has 0 bridgehead atoms. The Hall–Kier alpha value is -2.79. The lowest BCUT2D eigenvalue weighted by molar-refractivity contribution is -0.122. The third-order valence-corrected chi connectivity index (χ3v) is 4.38. The highest BCUT2D eigenvalue weighted by Crippen LogP contribution is 2.24. The van der Waals surface area contributed by atoms with Crippen LogP contribution < -0.4 is 5.32 Å². The standard InChI is InChI=1S/C19H18ClN3O2/c1-4-9-22-18(24)17(21-19(22)25)11-14-10-12(2)23(13(14)3)16-7-5-15(20)6-8-16/h4-8,10-11H,1,9H2,2-3H3,(H,21,25)/b17-11-. The quantitative estimate of drug-likeness (QED) is 0.515. The van der Waals surface area contributed by atoms with Gasteiger partial charge in [0, 0.05) is 28.6 Å². The Bertz CT molecular complexity index is 894. The van der Waals surface area contributed by atoms with Crippen LogP contribution in [0.25, 0.3) is 11.8 Å². The topological polar surface area (TPSA) is 54.3 Å². The number of urea groups is 1. The summed E-state index contributed by atoms with van der Waals surface area (Å²) in [4.78, 5) is 25.3. The van der Waals surface area contributed by atoms with Gasteiger partial charge in [0.15, 0.2) is 0 Å². The lowest BCUT2D eigenvalue weighted by Gasteiger charge is -2.09. The molecule has 1 aliphatic heterocycles. The summed E-state index contributed by atoms with van der Waals surface area (Å²) in [6.45, 7) is 7.71. The molecule has 0 saturated carbocycles. The lowest BCUT2D eigenvalue weighted by Crippen LogP contribution is -2.30. The van der Waals surface area contributed by atoms with Crippen LogP contribution in [0.1, 0.15) is 17.0 Å². The molecule has 25 heavy (non-hydrogen) atoms. The van der Waals surface area contributed by atoms with Crippen molar-refractivity contribution in [1.82, 2.24) is 14.8 Å². The predicted molar refractivity (Wildman–Crippen MR) is 98.7 cm³/mol. The van der Waals surface area contributed by atoms with Gasteiger partial charge in [-0.1, -0.05) is 17.7 Å². The maximum atomic E-state index is 12.3. The molecule has 0 spiro atoms. The molecule has 2 heterocycles. The van der Waals surface area contributed by atoms with E-state index >= 15 is 0 Å². The van der Waals surface area contributed by atoms with Gasteiger partial charge in [-0.3, -0.25) is 9.69 Å². The monoisotopic (exact) mass is 355 g/mol. The number of aromatic nitrogens is 1. The number of nitrogens with zero attached hydrogens (tertiary/aromatic N) is 2. The van der Waals surface area contributed by atoms with E-state index in [2.05, 4.69) is 16.5 Å². The van der Waals surface area contributed by atoms with Crippen molar-refractivity contribution in [2.24, 2.45) is 0 Å². The van der Waals surface area contributed by atoms with Crippen LogP contribution >= 0.6 is 11.6 Å². The molecule has 0 atom stereocenters. The van der Waals surface area contributed by atoms with Crippen molar-refractivity contribution in [3.05, 3.63) is 70.7 Å². The fraction of sp³-hybridized carbons (Fsp3) is 0.158. The minimum atomic E-state index is -0.428. The van der Waals surface area contributed by atoms with Crippen LogP contribution in [0.3, 0.4) is 0 Å². The van der Waals surface area contributed by atoms with E-state index in [0.717, 1.165) is 27.5 Å². The van der Waals surface area contributed by atoms with E-state index in [4.69, 9.17) is 11.6 Å². The van der Waals surface area contributed by atoms with Crippen LogP contribution in [0.5, 0.6) is 0 Å². The summed E-state index contributed by atoms with van der Waals surface area (Å²) in [6, 6.07) is 9.10. The number of amides is 3. The normalized spacial score (nSPS) is 15.8. The highest BCUT2D eigenvalue weighted by atomic mass is 35.5. The van der Waals surface area contributed by atoms with E-state index in [9.17, 15) is 9.59 Å². The summed E-state index contributed by atoms with van der Waals surface area (Å²) in [5.41, 5.74) is 4.11. The van der Waals surface area contributed by atoms with Crippen LogP contribution in [0.4, 0.5) is 4.79 Å². The molecule has 0 radical (unpaired) electrons. The third kappa shape index (κ3) is 3.10. The van der Waals surface area contributed by atoms with Crippen molar-refractivity contribution < 1.29 is 9.59 Å². The molecule has 6 heteroatoms. The number of imide groups is 1. The number of nitrogens with one attached hydrogen (secondary N) is 1. The predicted octanol–water partition coefficient (Wildman–Crippen LogP) is 3.83. The first kappa shape index (κ1) is 17.0. The smallest absolute Gasteiger partial charge is 0.318 e. The Morgan fingerprint density at radius 1 is 1.20 bits per heavy atom. The van der Waals surface area contributed by atoms with Crippen LogP contribution in [-0.2, 0) is 4.79 Å². The van der Waals surface area contributed by atoms with Crippen molar-refractivity contribution in [3.63, 3.8) is 0 Å². The second kappa shape index (κ2) is 6.61. The maximum absolute atomic E-state index is 12.3. The van der Waals surface area contributed by atoms with Crippen molar-refractivity contribution in [2.75, 3.05) is 6.54 Å². The second-order valence-electron chi connectivity index (χ2n) is 5.83. The Labute approximate surface area is 151 Å². The second-order valence-corrected chi connectivity index (χ2v) is 6.27. The van der Waals surface area contributed by atoms with Crippen LogP contribution in [0, 0.1) is 13.8 Å². The first-order chi connectivity index (χ1) is 11.9. The number of rotatable bonds is 4. The molecule has 1 aromatic carbocycles. The molecule has 5 nitrogen and oxygen atoms in total. The van der Waals surface area contributed by atoms with Gasteiger partial charge in [0.25, 0.3) is 5.91 Å². The molecule has 128 valence electrons. The number of carbonyl (C=O) groups excluding carboxylic acids is 2. The zero-order chi connectivity index (χ0) is 18.1. The zero-order valence-electron chi connectivity index (χ0n) is 14.0. The molecule has 1 fully saturated rings. The van der Waals surface area contributed by atoms with Crippen molar-refractivity contribution in [1.29, 1.82) is 0 Å².